The number of aromatic nitrogens is 1. The third-order valence-electron chi connectivity index (χ3n) is 3.97. The van der Waals surface area contributed by atoms with Crippen LogP contribution in [0.2, 0.25) is 0 Å². The van der Waals surface area contributed by atoms with Crippen molar-refractivity contribution in [3.63, 3.8) is 0 Å². The first kappa shape index (κ1) is 12.9. The van der Waals surface area contributed by atoms with E-state index in [2.05, 4.69) is 65.8 Å². The van der Waals surface area contributed by atoms with Crippen LogP contribution >= 0.6 is 0 Å². The Morgan fingerprint density at radius 1 is 1.10 bits per heavy atom. The van der Waals surface area contributed by atoms with Crippen LogP contribution in [0.4, 0.5) is 0 Å². The average Bonchev–Trinajstić information content (AvgIpc) is 2.94. The second-order valence-corrected chi connectivity index (χ2v) is 5.29. The topological polar surface area (TPSA) is 27.8 Å². The molecule has 0 spiro atoms. The van der Waals surface area contributed by atoms with E-state index >= 15 is 0 Å². The molecule has 1 atom stereocenters. The van der Waals surface area contributed by atoms with Crippen molar-refractivity contribution in [3.05, 3.63) is 71.4 Å². The van der Waals surface area contributed by atoms with E-state index in [1.54, 1.807) is 0 Å². The second-order valence-electron chi connectivity index (χ2n) is 5.29. The van der Waals surface area contributed by atoms with Crippen molar-refractivity contribution in [2.45, 2.75) is 19.4 Å². The molecule has 3 aromatic rings. The van der Waals surface area contributed by atoms with Crippen LogP contribution in [0.5, 0.6) is 0 Å². The van der Waals surface area contributed by atoms with Crippen LogP contribution in [0.1, 0.15) is 29.7 Å². The predicted octanol–water partition coefficient (Wildman–Crippen LogP) is 4.04. The number of rotatable bonds is 4. The van der Waals surface area contributed by atoms with Gasteiger partial charge in [0, 0.05) is 17.8 Å². The van der Waals surface area contributed by atoms with Gasteiger partial charge in [-0.05, 0) is 60.7 Å². The summed E-state index contributed by atoms with van der Waals surface area (Å²) >= 11 is 0. The summed E-state index contributed by atoms with van der Waals surface area (Å²) in [5, 5.41) is 4.61. The summed E-state index contributed by atoms with van der Waals surface area (Å²) in [6.07, 6.45) is 2.97. The fourth-order valence-electron chi connectivity index (χ4n) is 2.71. The largest absolute Gasteiger partial charge is 0.361 e. The maximum absolute atomic E-state index is 3.33. The number of H-pyrrole nitrogens is 1. The van der Waals surface area contributed by atoms with Crippen molar-refractivity contribution < 1.29 is 0 Å². The molecule has 0 aliphatic carbocycles. The molecule has 2 aromatic carbocycles. The normalized spacial score (nSPS) is 12.7. The lowest BCUT2D eigenvalue weighted by Crippen LogP contribution is -2.14. The molecule has 2 nitrogen and oxygen atoms in total. The summed E-state index contributed by atoms with van der Waals surface area (Å²) < 4.78 is 0. The molecule has 1 aromatic heterocycles. The SMILES string of the molecule is CN[C@H](C)c1ccccc1Cc1ccc2[nH]ccc2c1. The molecule has 0 radical (unpaired) electrons. The number of hydrogen-bond acceptors (Lipinski definition) is 1. The van der Waals surface area contributed by atoms with Crippen molar-refractivity contribution in [1.29, 1.82) is 0 Å². The molecule has 0 aliphatic heterocycles. The molecule has 0 aliphatic rings. The Morgan fingerprint density at radius 2 is 1.95 bits per heavy atom. The molecular weight excluding hydrogens is 244 g/mol. The Hall–Kier alpha value is -2.06. The van der Waals surface area contributed by atoms with Crippen molar-refractivity contribution in [2.24, 2.45) is 0 Å². The van der Waals surface area contributed by atoms with E-state index in [9.17, 15) is 0 Å². The minimum absolute atomic E-state index is 0.377. The van der Waals surface area contributed by atoms with Crippen LogP contribution in [-0.2, 0) is 6.42 Å². The quantitative estimate of drug-likeness (QED) is 0.731. The van der Waals surface area contributed by atoms with E-state index < -0.39 is 0 Å². The highest BCUT2D eigenvalue weighted by atomic mass is 14.9. The Labute approximate surface area is 119 Å². The Balaban J connectivity index is 1.94. The summed E-state index contributed by atoms with van der Waals surface area (Å²) in [7, 11) is 2.01. The lowest BCUT2D eigenvalue weighted by molar-refractivity contribution is 0.646. The molecule has 0 saturated carbocycles. The molecule has 2 N–H and O–H groups in total. The zero-order chi connectivity index (χ0) is 13.9. The van der Waals surface area contributed by atoms with E-state index in [1.165, 1.54) is 27.6 Å². The summed E-state index contributed by atoms with van der Waals surface area (Å²) in [6.45, 7) is 2.20. The Morgan fingerprint density at radius 3 is 2.80 bits per heavy atom. The van der Waals surface area contributed by atoms with Crippen molar-refractivity contribution in [3.8, 4) is 0 Å². The van der Waals surface area contributed by atoms with Gasteiger partial charge < -0.3 is 10.3 Å². The van der Waals surface area contributed by atoms with E-state index in [4.69, 9.17) is 0 Å². The third kappa shape index (κ3) is 2.47. The molecule has 2 heteroatoms. The van der Waals surface area contributed by atoms with E-state index in [0.717, 1.165) is 6.42 Å². The van der Waals surface area contributed by atoms with Crippen molar-refractivity contribution in [2.75, 3.05) is 7.05 Å². The molecule has 20 heavy (non-hydrogen) atoms. The minimum atomic E-state index is 0.377. The molecule has 0 unspecified atom stereocenters. The molecule has 102 valence electrons. The van der Waals surface area contributed by atoms with Crippen LogP contribution in [-0.4, -0.2) is 12.0 Å². The molecular formula is C18H20N2. The van der Waals surface area contributed by atoms with Gasteiger partial charge in [0.1, 0.15) is 0 Å². The lowest BCUT2D eigenvalue weighted by Gasteiger charge is -2.16. The fourth-order valence-corrected chi connectivity index (χ4v) is 2.71. The van der Waals surface area contributed by atoms with Gasteiger partial charge in [0.25, 0.3) is 0 Å². The highest BCUT2D eigenvalue weighted by Gasteiger charge is 2.09. The van der Waals surface area contributed by atoms with Crippen molar-refractivity contribution >= 4 is 10.9 Å². The monoisotopic (exact) mass is 264 g/mol. The van der Waals surface area contributed by atoms with Crippen LogP contribution in [0, 0.1) is 0 Å². The third-order valence-corrected chi connectivity index (χ3v) is 3.97. The fraction of sp³-hybridized carbons (Fsp3) is 0.222. The maximum Gasteiger partial charge on any atom is 0.0454 e. The van der Waals surface area contributed by atoms with E-state index in [0.29, 0.717) is 6.04 Å². The molecule has 0 saturated heterocycles. The first-order valence-electron chi connectivity index (χ1n) is 7.09. The van der Waals surface area contributed by atoms with E-state index in [1.807, 2.05) is 13.2 Å². The van der Waals surface area contributed by atoms with E-state index in [-0.39, 0.29) is 0 Å². The van der Waals surface area contributed by atoms with Gasteiger partial charge in [-0.1, -0.05) is 30.3 Å². The average molecular weight is 264 g/mol. The standard InChI is InChI=1S/C18H20N2/c1-13(19-2)17-6-4-3-5-15(17)11-14-7-8-18-16(12-14)9-10-20-18/h3-10,12-13,19-20H,11H2,1-2H3/t13-/m1/s1. The predicted molar refractivity (Wildman–Crippen MR) is 85.0 cm³/mol. The molecule has 1 heterocycles. The van der Waals surface area contributed by atoms with Gasteiger partial charge in [0.2, 0.25) is 0 Å². The van der Waals surface area contributed by atoms with Gasteiger partial charge in [0.05, 0.1) is 0 Å². The molecule has 0 bridgehead atoms. The van der Waals surface area contributed by atoms with Gasteiger partial charge in [-0.2, -0.15) is 0 Å². The Bertz CT molecular complexity index is 712. The summed E-state index contributed by atoms with van der Waals surface area (Å²) in [5.41, 5.74) is 5.33. The van der Waals surface area contributed by atoms with Crippen LogP contribution in [0.15, 0.2) is 54.7 Å². The van der Waals surface area contributed by atoms with Crippen LogP contribution in [0.25, 0.3) is 10.9 Å². The van der Waals surface area contributed by atoms with Gasteiger partial charge in [0.15, 0.2) is 0 Å². The zero-order valence-electron chi connectivity index (χ0n) is 12.0. The molecule has 0 amide bonds. The Kier molecular flexibility index (Phi) is 3.57. The molecule has 0 fully saturated rings. The van der Waals surface area contributed by atoms with Crippen LogP contribution < -0.4 is 5.32 Å². The first-order valence-corrected chi connectivity index (χ1v) is 7.09. The highest BCUT2D eigenvalue weighted by Crippen LogP contribution is 2.22. The highest BCUT2D eigenvalue weighted by molar-refractivity contribution is 5.80. The smallest absolute Gasteiger partial charge is 0.0454 e. The van der Waals surface area contributed by atoms with Crippen LogP contribution in [0.3, 0.4) is 0 Å². The number of nitrogens with one attached hydrogen (secondary N) is 2. The van der Waals surface area contributed by atoms with Gasteiger partial charge in [-0.15, -0.1) is 0 Å². The van der Waals surface area contributed by atoms with Crippen molar-refractivity contribution in [1.82, 2.24) is 10.3 Å². The second kappa shape index (κ2) is 5.51. The zero-order valence-corrected chi connectivity index (χ0v) is 12.0. The van der Waals surface area contributed by atoms with Gasteiger partial charge >= 0.3 is 0 Å². The summed E-state index contributed by atoms with van der Waals surface area (Å²) in [5.74, 6) is 0. The number of benzene rings is 2. The lowest BCUT2D eigenvalue weighted by atomic mass is 9.95. The van der Waals surface area contributed by atoms with Gasteiger partial charge in [-0.25, -0.2) is 0 Å². The number of aromatic amines is 1. The maximum atomic E-state index is 3.33. The minimum Gasteiger partial charge on any atom is -0.361 e. The number of hydrogen-bond donors (Lipinski definition) is 2. The summed E-state index contributed by atoms with van der Waals surface area (Å²) in [6, 6.07) is 17.8. The number of fused-ring (bicyclic) bond motifs is 1. The molecule has 3 rings (SSSR count). The first-order chi connectivity index (χ1) is 9.78. The van der Waals surface area contributed by atoms with Gasteiger partial charge in [-0.3, -0.25) is 0 Å². The summed E-state index contributed by atoms with van der Waals surface area (Å²) in [4.78, 5) is 3.24.